The number of sulfonamides is 1. The minimum absolute atomic E-state index is 0.151. The van der Waals surface area contributed by atoms with E-state index in [0.29, 0.717) is 29.5 Å². The molecule has 1 aliphatic carbocycles. The first-order chi connectivity index (χ1) is 14.8. The predicted molar refractivity (Wildman–Crippen MR) is 121 cm³/mol. The molecule has 3 aromatic rings. The van der Waals surface area contributed by atoms with Crippen molar-refractivity contribution in [1.82, 2.24) is 15.5 Å². The molecule has 1 aliphatic rings. The van der Waals surface area contributed by atoms with Gasteiger partial charge in [-0.15, -0.1) is 10.2 Å². The first-order valence-electron chi connectivity index (χ1n) is 9.81. The summed E-state index contributed by atoms with van der Waals surface area (Å²) in [5.41, 5.74) is 2.30. The highest BCUT2D eigenvalue weighted by Gasteiger charge is 2.28. The molecule has 0 aliphatic heterocycles. The van der Waals surface area contributed by atoms with Gasteiger partial charge < -0.3 is 5.32 Å². The number of carbonyl (C=O) groups excluding carboxylic acids is 1. The SMILES string of the molecule is Cc1ccc(Cl)cc1C(=O)NCCc1ccc(S(=O)(=O)Nc2nnc(C3CC3)s2)cc1. The third-order valence-corrected chi connectivity index (χ3v) is 7.69. The quantitative estimate of drug-likeness (QED) is 0.508. The van der Waals surface area contributed by atoms with Gasteiger partial charge in [0.2, 0.25) is 5.13 Å². The summed E-state index contributed by atoms with van der Waals surface area (Å²) in [6.45, 7) is 2.27. The Hall–Kier alpha value is -2.49. The highest BCUT2D eigenvalue weighted by molar-refractivity contribution is 7.93. The zero-order valence-electron chi connectivity index (χ0n) is 16.8. The number of anilines is 1. The van der Waals surface area contributed by atoms with Crippen molar-refractivity contribution < 1.29 is 13.2 Å². The Morgan fingerprint density at radius 3 is 2.61 bits per heavy atom. The van der Waals surface area contributed by atoms with Crippen molar-refractivity contribution in [2.45, 2.75) is 37.0 Å². The Morgan fingerprint density at radius 2 is 1.90 bits per heavy atom. The molecule has 2 N–H and O–H groups in total. The maximum absolute atomic E-state index is 12.6. The third-order valence-electron chi connectivity index (χ3n) is 4.97. The fourth-order valence-electron chi connectivity index (χ4n) is 3.03. The molecule has 4 rings (SSSR count). The van der Waals surface area contributed by atoms with Crippen LogP contribution in [0.25, 0.3) is 0 Å². The van der Waals surface area contributed by atoms with E-state index in [-0.39, 0.29) is 15.9 Å². The number of hydrogen-bond acceptors (Lipinski definition) is 6. The number of aryl methyl sites for hydroxylation is 1. The zero-order chi connectivity index (χ0) is 22.0. The molecule has 1 saturated carbocycles. The van der Waals surface area contributed by atoms with E-state index in [1.165, 1.54) is 11.3 Å². The third kappa shape index (κ3) is 5.41. The minimum atomic E-state index is -3.73. The monoisotopic (exact) mass is 476 g/mol. The lowest BCUT2D eigenvalue weighted by Crippen LogP contribution is -2.26. The number of carbonyl (C=O) groups is 1. The summed E-state index contributed by atoms with van der Waals surface area (Å²) >= 11 is 7.25. The molecule has 1 heterocycles. The molecule has 1 aromatic heterocycles. The van der Waals surface area contributed by atoms with Crippen LogP contribution in [0.4, 0.5) is 5.13 Å². The van der Waals surface area contributed by atoms with Crippen LogP contribution in [0.5, 0.6) is 0 Å². The van der Waals surface area contributed by atoms with Crippen molar-refractivity contribution >= 4 is 44.0 Å². The van der Waals surface area contributed by atoms with Gasteiger partial charge in [0.05, 0.1) is 4.90 Å². The van der Waals surface area contributed by atoms with Gasteiger partial charge in [0.1, 0.15) is 5.01 Å². The molecule has 0 atom stereocenters. The molecule has 10 heteroatoms. The number of rotatable bonds is 8. The summed E-state index contributed by atoms with van der Waals surface area (Å²) < 4.78 is 27.7. The van der Waals surface area contributed by atoms with Crippen molar-refractivity contribution in [3.63, 3.8) is 0 Å². The van der Waals surface area contributed by atoms with Crippen LogP contribution in [-0.2, 0) is 16.4 Å². The number of nitrogens with zero attached hydrogens (tertiary/aromatic N) is 2. The van der Waals surface area contributed by atoms with Crippen molar-refractivity contribution in [2.75, 3.05) is 11.3 Å². The molecule has 1 amide bonds. The van der Waals surface area contributed by atoms with E-state index in [2.05, 4.69) is 20.2 Å². The normalized spacial score (nSPS) is 13.7. The minimum Gasteiger partial charge on any atom is -0.352 e. The summed E-state index contributed by atoms with van der Waals surface area (Å²) in [5.74, 6) is 0.240. The van der Waals surface area contributed by atoms with Crippen molar-refractivity contribution in [3.8, 4) is 0 Å². The van der Waals surface area contributed by atoms with Gasteiger partial charge in [-0.3, -0.25) is 9.52 Å². The molecule has 162 valence electrons. The second kappa shape index (κ2) is 8.94. The number of benzene rings is 2. The van der Waals surface area contributed by atoms with E-state index in [9.17, 15) is 13.2 Å². The number of aromatic nitrogens is 2. The van der Waals surface area contributed by atoms with Crippen molar-refractivity contribution in [3.05, 3.63) is 69.2 Å². The predicted octanol–water partition coefficient (Wildman–Crippen LogP) is 4.15. The topological polar surface area (TPSA) is 101 Å². The molecule has 0 unspecified atom stereocenters. The second-order valence-electron chi connectivity index (χ2n) is 7.43. The summed E-state index contributed by atoms with van der Waals surface area (Å²) in [5, 5.41) is 12.5. The smallest absolute Gasteiger partial charge is 0.263 e. The zero-order valence-corrected chi connectivity index (χ0v) is 19.1. The molecule has 7 nitrogen and oxygen atoms in total. The van der Waals surface area contributed by atoms with E-state index in [1.807, 2.05) is 6.92 Å². The summed E-state index contributed by atoms with van der Waals surface area (Å²) in [6, 6.07) is 11.8. The highest BCUT2D eigenvalue weighted by atomic mass is 35.5. The first-order valence-corrected chi connectivity index (χ1v) is 12.5. The molecular formula is C21H21ClN4O3S2. The summed E-state index contributed by atoms with van der Waals surface area (Å²) in [7, 11) is -3.73. The second-order valence-corrected chi connectivity index (χ2v) is 10.6. The largest absolute Gasteiger partial charge is 0.352 e. The molecule has 2 aromatic carbocycles. The lowest BCUT2D eigenvalue weighted by atomic mass is 10.1. The van der Waals surface area contributed by atoms with E-state index < -0.39 is 10.0 Å². The summed E-state index contributed by atoms with van der Waals surface area (Å²) in [6.07, 6.45) is 2.74. The fourth-order valence-corrected chi connectivity index (χ4v) is 5.35. The van der Waals surface area contributed by atoms with Crippen LogP contribution in [0, 0.1) is 6.92 Å². The maximum atomic E-state index is 12.6. The van der Waals surface area contributed by atoms with Crippen LogP contribution in [0.15, 0.2) is 47.4 Å². The van der Waals surface area contributed by atoms with Gasteiger partial charge in [0.25, 0.3) is 15.9 Å². The van der Waals surface area contributed by atoms with Gasteiger partial charge in [0, 0.05) is 23.0 Å². The Morgan fingerprint density at radius 1 is 1.16 bits per heavy atom. The Balaban J connectivity index is 1.33. The lowest BCUT2D eigenvalue weighted by Gasteiger charge is -2.09. The van der Waals surface area contributed by atoms with Crippen molar-refractivity contribution in [1.29, 1.82) is 0 Å². The van der Waals surface area contributed by atoms with Crippen LogP contribution < -0.4 is 10.0 Å². The Bertz CT molecular complexity index is 1210. The van der Waals surface area contributed by atoms with Gasteiger partial charge in [-0.05, 0) is 61.6 Å². The van der Waals surface area contributed by atoms with Crippen molar-refractivity contribution in [2.24, 2.45) is 0 Å². The molecule has 31 heavy (non-hydrogen) atoms. The van der Waals surface area contributed by atoms with Crippen LogP contribution in [0.1, 0.15) is 45.3 Å². The standard InChI is InChI=1S/C21H21ClN4O3S2/c1-13-2-7-16(22)12-18(13)19(27)23-11-10-14-3-8-17(9-4-14)31(28,29)26-21-25-24-20(30-21)15-5-6-15/h2-4,7-9,12,15H,5-6,10-11H2,1H3,(H,23,27)(H,25,26). The van der Waals surface area contributed by atoms with Gasteiger partial charge in [-0.25, -0.2) is 8.42 Å². The molecule has 0 radical (unpaired) electrons. The van der Waals surface area contributed by atoms with Crippen LogP contribution in [0.3, 0.4) is 0 Å². The molecule has 0 saturated heterocycles. The Labute approximate surface area is 189 Å². The highest BCUT2D eigenvalue weighted by Crippen LogP contribution is 2.42. The average Bonchev–Trinajstić information content (AvgIpc) is 3.49. The van der Waals surface area contributed by atoms with Crippen LogP contribution >= 0.6 is 22.9 Å². The number of amides is 1. The van der Waals surface area contributed by atoms with Gasteiger partial charge in [-0.2, -0.15) is 0 Å². The molecule has 1 fully saturated rings. The average molecular weight is 477 g/mol. The van der Waals surface area contributed by atoms with Crippen LogP contribution in [0.2, 0.25) is 5.02 Å². The summed E-state index contributed by atoms with van der Waals surface area (Å²) in [4.78, 5) is 12.5. The molecular weight excluding hydrogens is 456 g/mol. The lowest BCUT2D eigenvalue weighted by molar-refractivity contribution is 0.0953. The first kappa shape index (κ1) is 21.7. The number of hydrogen-bond donors (Lipinski definition) is 2. The van der Waals surface area contributed by atoms with Gasteiger partial charge in [-0.1, -0.05) is 41.1 Å². The van der Waals surface area contributed by atoms with Gasteiger partial charge in [0.15, 0.2) is 0 Å². The maximum Gasteiger partial charge on any atom is 0.263 e. The Kier molecular flexibility index (Phi) is 6.27. The van der Waals surface area contributed by atoms with E-state index >= 15 is 0 Å². The molecule has 0 bridgehead atoms. The van der Waals surface area contributed by atoms with Gasteiger partial charge >= 0.3 is 0 Å². The van der Waals surface area contributed by atoms with Crippen LogP contribution in [-0.4, -0.2) is 31.1 Å². The van der Waals surface area contributed by atoms with E-state index in [1.54, 1.807) is 42.5 Å². The number of halogens is 1. The molecule has 0 spiro atoms. The van der Waals surface area contributed by atoms with E-state index in [0.717, 1.165) is 29.0 Å². The number of nitrogens with one attached hydrogen (secondary N) is 2. The fraction of sp³-hybridized carbons (Fsp3) is 0.286. The van der Waals surface area contributed by atoms with E-state index in [4.69, 9.17) is 11.6 Å².